The molecule has 0 saturated heterocycles. The van der Waals surface area contributed by atoms with Crippen molar-refractivity contribution >= 4 is 17.7 Å². The Morgan fingerprint density at radius 3 is 2.48 bits per heavy atom. The number of benzene rings is 2. The lowest BCUT2D eigenvalue weighted by atomic mass is 10.1. The number of carbonyl (C=O) groups excluding carboxylic acids is 1. The van der Waals surface area contributed by atoms with Crippen molar-refractivity contribution in [3.8, 4) is 0 Å². The second kappa shape index (κ2) is 8.56. The zero-order chi connectivity index (χ0) is 18.4. The van der Waals surface area contributed by atoms with Gasteiger partial charge >= 0.3 is 0 Å². The molecule has 0 aliphatic rings. The first-order valence-electron chi connectivity index (χ1n) is 8.41. The van der Waals surface area contributed by atoms with Crippen molar-refractivity contribution in [3.63, 3.8) is 0 Å². The van der Waals surface area contributed by atoms with Crippen LogP contribution in [0.3, 0.4) is 0 Å². The van der Waals surface area contributed by atoms with E-state index in [1.165, 1.54) is 12.1 Å². The predicted octanol–water partition coefficient (Wildman–Crippen LogP) is 5.43. The molecule has 2 rings (SSSR count). The Morgan fingerprint density at radius 2 is 1.84 bits per heavy atom. The maximum atomic E-state index is 13.7. The summed E-state index contributed by atoms with van der Waals surface area (Å²) in [7, 11) is 0. The van der Waals surface area contributed by atoms with Crippen LogP contribution in [-0.4, -0.2) is 12.5 Å². The highest BCUT2D eigenvalue weighted by molar-refractivity contribution is 5.93. The summed E-state index contributed by atoms with van der Waals surface area (Å²) in [5, 5.41) is 0. The number of carbonyl (C=O) groups is 1. The molecule has 2 aromatic carbocycles. The molecule has 0 radical (unpaired) electrons. The van der Waals surface area contributed by atoms with Gasteiger partial charge in [-0.3, -0.25) is 4.79 Å². The Bertz CT molecular complexity index is 783. The van der Waals surface area contributed by atoms with Crippen molar-refractivity contribution < 1.29 is 13.6 Å². The number of hydrogen-bond acceptors (Lipinski definition) is 1. The van der Waals surface area contributed by atoms with Gasteiger partial charge in [-0.15, -0.1) is 0 Å². The summed E-state index contributed by atoms with van der Waals surface area (Å²) in [6.45, 7) is 6.32. The van der Waals surface area contributed by atoms with Crippen molar-refractivity contribution in [2.45, 2.75) is 33.6 Å². The number of rotatable bonds is 6. The summed E-state index contributed by atoms with van der Waals surface area (Å²) in [5.74, 6) is -1.20. The van der Waals surface area contributed by atoms with Gasteiger partial charge in [0.15, 0.2) is 0 Å². The molecule has 0 aliphatic carbocycles. The molecule has 1 amide bonds. The summed E-state index contributed by atoms with van der Waals surface area (Å²) < 4.78 is 26.7. The second-order valence-corrected chi connectivity index (χ2v) is 6.09. The van der Waals surface area contributed by atoms with Crippen LogP contribution in [0.1, 0.15) is 36.5 Å². The van der Waals surface area contributed by atoms with Gasteiger partial charge in [0.1, 0.15) is 11.6 Å². The van der Waals surface area contributed by atoms with Gasteiger partial charge in [-0.05, 0) is 55.7 Å². The van der Waals surface area contributed by atoms with Crippen LogP contribution in [0.4, 0.5) is 14.5 Å². The summed E-state index contributed by atoms with van der Waals surface area (Å²) in [6, 6.07) is 9.34. The fourth-order valence-corrected chi connectivity index (χ4v) is 2.52. The fourth-order valence-electron chi connectivity index (χ4n) is 2.52. The first kappa shape index (κ1) is 18.8. The molecule has 4 heteroatoms. The van der Waals surface area contributed by atoms with E-state index in [0.29, 0.717) is 18.5 Å². The maximum Gasteiger partial charge on any atom is 0.227 e. The Morgan fingerprint density at radius 1 is 1.08 bits per heavy atom. The zero-order valence-electron chi connectivity index (χ0n) is 14.9. The van der Waals surface area contributed by atoms with E-state index in [9.17, 15) is 13.6 Å². The summed E-state index contributed by atoms with van der Waals surface area (Å²) in [5.41, 5.74) is 3.39. The summed E-state index contributed by atoms with van der Waals surface area (Å²) in [4.78, 5) is 14.2. The third-order valence-electron chi connectivity index (χ3n) is 4.11. The van der Waals surface area contributed by atoms with Gasteiger partial charge < -0.3 is 4.90 Å². The lowest BCUT2D eigenvalue weighted by Crippen LogP contribution is -2.30. The van der Waals surface area contributed by atoms with Gasteiger partial charge in [-0.1, -0.05) is 25.1 Å². The topological polar surface area (TPSA) is 20.3 Å². The van der Waals surface area contributed by atoms with Crippen LogP contribution in [0, 0.1) is 25.5 Å². The molecule has 0 atom stereocenters. The standard InChI is InChI=1S/C21H23F2NO/c1-4-6-21(25)24(19-11-8-15(2)16(3)13-19)12-5-7-17-9-10-18(22)14-20(17)23/h5,7-11,13-14H,4,6,12H2,1-3H3/b7-5+. The van der Waals surface area contributed by atoms with Crippen LogP contribution in [0.15, 0.2) is 42.5 Å². The third kappa shape index (κ3) is 4.99. The van der Waals surface area contributed by atoms with E-state index < -0.39 is 11.6 Å². The molecule has 0 unspecified atom stereocenters. The van der Waals surface area contributed by atoms with Crippen LogP contribution < -0.4 is 4.90 Å². The maximum absolute atomic E-state index is 13.7. The fraction of sp³-hybridized carbons (Fsp3) is 0.286. The van der Waals surface area contributed by atoms with Gasteiger partial charge in [0.25, 0.3) is 0 Å². The molecule has 0 aromatic heterocycles. The molecule has 0 heterocycles. The average molecular weight is 343 g/mol. The Balaban J connectivity index is 2.22. The van der Waals surface area contributed by atoms with E-state index in [4.69, 9.17) is 0 Å². The molecule has 0 bridgehead atoms. The van der Waals surface area contributed by atoms with E-state index in [0.717, 1.165) is 29.3 Å². The Hall–Kier alpha value is -2.49. The molecular weight excluding hydrogens is 320 g/mol. The first-order valence-corrected chi connectivity index (χ1v) is 8.41. The van der Waals surface area contributed by atoms with E-state index >= 15 is 0 Å². The molecule has 2 aromatic rings. The molecule has 2 nitrogen and oxygen atoms in total. The van der Waals surface area contributed by atoms with Crippen LogP contribution in [0.25, 0.3) is 6.08 Å². The van der Waals surface area contributed by atoms with Gasteiger partial charge in [0.05, 0.1) is 0 Å². The number of amides is 1. The van der Waals surface area contributed by atoms with Crippen LogP contribution in [0.2, 0.25) is 0 Å². The number of halogens is 2. The van der Waals surface area contributed by atoms with Crippen molar-refractivity contribution in [1.82, 2.24) is 0 Å². The Kier molecular flexibility index (Phi) is 6.45. The number of hydrogen-bond donors (Lipinski definition) is 0. The van der Waals surface area contributed by atoms with Crippen LogP contribution >= 0.6 is 0 Å². The lowest BCUT2D eigenvalue weighted by Gasteiger charge is -2.22. The van der Waals surface area contributed by atoms with Gasteiger partial charge in [0.2, 0.25) is 5.91 Å². The highest BCUT2D eigenvalue weighted by Gasteiger charge is 2.14. The smallest absolute Gasteiger partial charge is 0.227 e. The quantitative estimate of drug-likeness (QED) is 0.685. The first-order chi connectivity index (χ1) is 11.9. The predicted molar refractivity (Wildman–Crippen MR) is 98.6 cm³/mol. The van der Waals surface area contributed by atoms with Crippen molar-refractivity contribution in [1.29, 1.82) is 0 Å². The molecule has 0 spiro atoms. The lowest BCUT2D eigenvalue weighted by molar-refractivity contribution is -0.118. The molecule has 132 valence electrons. The van der Waals surface area contributed by atoms with Gasteiger partial charge in [-0.25, -0.2) is 8.78 Å². The SMILES string of the molecule is CCCC(=O)N(C/C=C/c1ccc(F)cc1F)c1ccc(C)c(C)c1. The highest BCUT2D eigenvalue weighted by atomic mass is 19.1. The van der Waals surface area contributed by atoms with Crippen molar-refractivity contribution in [2.75, 3.05) is 11.4 Å². The largest absolute Gasteiger partial charge is 0.309 e. The molecule has 25 heavy (non-hydrogen) atoms. The normalized spacial score (nSPS) is 11.1. The zero-order valence-corrected chi connectivity index (χ0v) is 14.9. The monoisotopic (exact) mass is 343 g/mol. The van der Waals surface area contributed by atoms with Gasteiger partial charge in [0, 0.05) is 30.3 Å². The van der Waals surface area contributed by atoms with Crippen molar-refractivity contribution in [2.24, 2.45) is 0 Å². The molecular formula is C21H23F2NO. The van der Waals surface area contributed by atoms with Crippen LogP contribution in [-0.2, 0) is 4.79 Å². The summed E-state index contributed by atoms with van der Waals surface area (Å²) >= 11 is 0. The molecule has 0 saturated carbocycles. The van der Waals surface area contributed by atoms with E-state index in [-0.39, 0.29) is 5.91 Å². The third-order valence-corrected chi connectivity index (χ3v) is 4.11. The number of nitrogens with zero attached hydrogens (tertiary/aromatic N) is 1. The minimum atomic E-state index is -0.617. The van der Waals surface area contributed by atoms with E-state index in [1.807, 2.05) is 39.0 Å². The number of aryl methyl sites for hydroxylation is 2. The average Bonchev–Trinajstić information content (AvgIpc) is 2.56. The van der Waals surface area contributed by atoms with E-state index in [1.54, 1.807) is 17.1 Å². The van der Waals surface area contributed by atoms with Crippen LogP contribution in [0.5, 0.6) is 0 Å². The minimum Gasteiger partial charge on any atom is -0.309 e. The second-order valence-electron chi connectivity index (χ2n) is 6.09. The molecule has 0 fully saturated rings. The highest BCUT2D eigenvalue weighted by Crippen LogP contribution is 2.20. The minimum absolute atomic E-state index is 0.0231. The van der Waals surface area contributed by atoms with E-state index in [2.05, 4.69) is 0 Å². The Labute approximate surface area is 147 Å². The van der Waals surface area contributed by atoms with Crippen molar-refractivity contribution in [3.05, 3.63) is 70.8 Å². The summed E-state index contributed by atoms with van der Waals surface area (Å²) in [6.07, 6.45) is 4.50. The van der Waals surface area contributed by atoms with Gasteiger partial charge in [-0.2, -0.15) is 0 Å². The number of anilines is 1. The molecule has 0 aliphatic heterocycles. The molecule has 0 N–H and O–H groups in total.